The molecule has 0 fully saturated rings. The molecular weight excluding hydrogens is 309 g/mol. The second-order valence-electron chi connectivity index (χ2n) is 4.35. The summed E-state index contributed by atoms with van der Waals surface area (Å²) in [6, 6.07) is 14.2. The van der Waals surface area contributed by atoms with Gasteiger partial charge in [0.15, 0.2) is 6.29 Å². The van der Waals surface area contributed by atoms with Gasteiger partial charge in [0.25, 0.3) is 0 Å². The third-order valence-electron chi connectivity index (χ3n) is 2.97. The van der Waals surface area contributed by atoms with Crippen molar-refractivity contribution < 1.29 is 9.53 Å². The number of ether oxygens (including phenoxy) is 1. The number of pyridine rings is 1. The van der Waals surface area contributed by atoms with Gasteiger partial charge in [0.05, 0.1) is 16.1 Å². The minimum atomic E-state index is 0.202. The minimum Gasteiger partial charge on any atom is -0.437 e. The van der Waals surface area contributed by atoms with Gasteiger partial charge >= 0.3 is 0 Å². The highest BCUT2D eigenvalue weighted by atomic mass is 35.5. The summed E-state index contributed by atoms with van der Waals surface area (Å²) in [5.41, 5.74) is 1.08. The summed E-state index contributed by atoms with van der Waals surface area (Å²) in [6.07, 6.45) is 0.702. The topological polar surface area (TPSA) is 39.2 Å². The molecule has 0 spiro atoms. The number of nitrogens with zero attached hydrogens (tertiary/aromatic N) is 1. The van der Waals surface area contributed by atoms with Crippen LogP contribution in [0.4, 0.5) is 0 Å². The van der Waals surface area contributed by atoms with Crippen molar-refractivity contribution in [2.45, 2.75) is 0 Å². The predicted octanol–water partition coefficient (Wildman–Crippen LogP) is 5.15. The van der Waals surface area contributed by atoms with Gasteiger partial charge in [0.1, 0.15) is 10.8 Å². The Morgan fingerprint density at radius 3 is 2.67 bits per heavy atom. The second-order valence-corrected chi connectivity index (χ2v) is 5.13. The number of halogens is 2. The average Bonchev–Trinajstić information content (AvgIpc) is 2.51. The fourth-order valence-electron chi connectivity index (χ4n) is 1.95. The van der Waals surface area contributed by atoms with Crippen molar-refractivity contribution in [2.24, 2.45) is 0 Å². The van der Waals surface area contributed by atoms with Gasteiger partial charge in [-0.25, -0.2) is 4.98 Å². The third-order valence-corrected chi connectivity index (χ3v) is 3.77. The molecule has 2 aromatic carbocycles. The van der Waals surface area contributed by atoms with Crippen LogP contribution in [0.5, 0.6) is 11.6 Å². The van der Waals surface area contributed by atoms with Gasteiger partial charge in [-0.3, -0.25) is 4.79 Å². The van der Waals surface area contributed by atoms with Crippen molar-refractivity contribution in [1.29, 1.82) is 0 Å². The molecule has 0 saturated carbocycles. The summed E-state index contributed by atoms with van der Waals surface area (Å²) >= 11 is 12.0. The molecule has 1 aromatic heterocycles. The summed E-state index contributed by atoms with van der Waals surface area (Å²) in [4.78, 5) is 15.6. The Bertz CT molecular complexity index is 834. The van der Waals surface area contributed by atoms with Crippen LogP contribution in [-0.2, 0) is 0 Å². The molecule has 0 atom stereocenters. The van der Waals surface area contributed by atoms with E-state index >= 15 is 0 Å². The number of carbonyl (C=O) groups is 1. The Balaban J connectivity index is 2.11. The molecule has 3 aromatic rings. The lowest BCUT2D eigenvalue weighted by Gasteiger charge is -2.10. The van der Waals surface area contributed by atoms with Gasteiger partial charge in [0.2, 0.25) is 5.88 Å². The molecule has 0 N–H and O–H groups in total. The summed E-state index contributed by atoms with van der Waals surface area (Å²) in [5, 5.41) is 1.53. The third kappa shape index (κ3) is 2.71. The molecule has 0 aliphatic heterocycles. The molecule has 0 amide bonds. The lowest BCUT2D eigenvalue weighted by Crippen LogP contribution is -1.95. The van der Waals surface area contributed by atoms with Gasteiger partial charge in [-0.15, -0.1) is 0 Å². The van der Waals surface area contributed by atoms with Gasteiger partial charge in [-0.2, -0.15) is 0 Å². The van der Waals surface area contributed by atoms with Crippen LogP contribution in [0.3, 0.4) is 0 Å². The van der Waals surface area contributed by atoms with E-state index in [1.807, 2.05) is 24.3 Å². The minimum absolute atomic E-state index is 0.202. The molecule has 3 rings (SSSR count). The van der Waals surface area contributed by atoms with Crippen LogP contribution in [0.15, 0.2) is 48.5 Å². The maximum absolute atomic E-state index is 11.2. The number of aldehydes is 1. The highest BCUT2D eigenvalue weighted by molar-refractivity contribution is 6.42. The molecule has 5 heteroatoms. The second kappa shape index (κ2) is 5.72. The molecule has 0 aliphatic carbocycles. The Labute approximate surface area is 131 Å². The number of hydrogen-bond acceptors (Lipinski definition) is 3. The van der Waals surface area contributed by atoms with Crippen LogP contribution in [0.1, 0.15) is 10.4 Å². The number of fused-ring (bicyclic) bond motifs is 1. The number of para-hydroxylation sites is 1. The first-order chi connectivity index (χ1) is 10.2. The molecule has 3 nitrogen and oxygen atoms in total. The summed E-state index contributed by atoms with van der Waals surface area (Å²) in [6.45, 7) is 0. The van der Waals surface area contributed by atoms with Crippen molar-refractivity contribution in [1.82, 2.24) is 4.98 Å². The molecule has 21 heavy (non-hydrogen) atoms. The predicted molar refractivity (Wildman–Crippen MR) is 83.7 cm³/mol. The molecule has 104 valence electrons. The molecule has 0 unspecified atom stereocenters. The van der Waals surface area contributed by atoms with Gasteiger partial charge < -0.3 is 4.74 Å². The van der Waals surface area contributed by atoms with Crippen LogP contribution in [0.2, 0.25) is 10.0 Å². The normalized spacial score (nSPS) is 10.6. The number of carbonyl (C=O) groups excluding carboxylic acids is 1. The van der Waals surface area contributed by atoms with Crippen molar-refractivity contribution >= 4 is 40.4 Å². The quantitative estimate of drug-likeness (QED) is 0.627. The maximum atomic E-state index is 11.2. The lowest BCUT2D eigenvalue weighted by molar-refractivity contribution is 0.112. The van der Waals surface area contributed by atoms with E-state index in [2.05, 4.69) is 4.98 Å². The van der Waals surface area contributed by atoms with Crippen LogP contribution in [0.25, 0.3) is 10.9 Å². The van der Waals surface area contributed by atoms with Crippen LogP contribution >= 0.6 is 23.2 Å². The molecule has 0 radical (unpaired) electrons. The molecule has 1 heterocycles. The van der Waals surface area contributed by atoms with E-state index < -0.39 is 0 Å². The first-order valence-electron chi connectivity index (χ1n) is 6.16. The van der Waals surface area contributed by atoms with E-state index in [0.29, 0.717) is 22.6 Å². The van der Waals surface area contributed by atoms with Crippen LogP contribution in [0, 0.1) is 0 Å². The molecule has 0 bridgehead atoms. The smallest absolute Gasteiger partial charge is 0.230 e. The van der Waals surface area contributed by atoms with Gasteiger partial charge in [0, 0.05) is 5.39 Å². The van der Waals surface area contributed by atoms with E-state index in [-0.39, 0.29) is 10.9 Å². The van der Waals surface area contributed by atoms with E-state index in [4.69, 9.17) is 27.9 Å². The fraction of sp³-hybridized carbons (Fsp3) is 0. The average molecular weight is 318 g/mol. The fourth-order valence-corrected chi connectivity index (χ4v) is 2.28. The Morgan fingerprint density at radius 1 is 1.05 bits per heavy atom. The first-order valence-corrected chi connectivity index (χ1v) is 6.91. The summed E-state index contributed by atoms with van der Waals surface area (Å²) in [5.74, 6) is 0.558. The standard InChI is InChI=1S/C16H9Cl2NO2/c17-12-5-3-7-14(15(12)18)21-16-11(9-20)8-10-4-1-2-6-13(10)19-16/h1-9H. The monoisotopic (exact) mass is 317 g/mol. The highest BCUT2D eigenvalue weighted by Gasteiger charge is 2.12. The van der Waals surface area contributed by atoms with Gasteiger partial charge in [-0.05, 0) is 24.3 Å². The molecule has 0 saturated heterocycles. The zero-order valence-electron chi connectivity index (χ0n) is 10.7. The zero-order valence-corrected chi connectivity index (χ0v) is 12.2. The summed E-state index contributed by atoms with van der Waals surface area (Å²) in [7, 11) is 0. The zero-order chi connectivity index (χ0) is 14.8. The maximum Gasteiger partial charge on any atom is 0.230 e. The highest BCUT2D eigenvalue weighted by Crippen LogP contribution is 2.35. The van der Waals surface area contributed by atoms with E-state index in [0.717, 1.165) is 10.9 Å². The summed E-state index contributed by atoms with van der Waals surface area (Å²) < 4.78 is 5.66. The molecule has 0 aliphatic rings. The number of rotatable bonds is 3. The Morgan fingerprint density at radius 2 is 1.86 bits per heavy atom. The Kier molecular flexibility index (Phi) is 3.78. The Hall–Kier alpha value is -2.10. The lowest BCUT2D eigenvalue weighted by atomic mass is 10.1. The van der Waals surface area contributed by atoms with Crippen molar-refractivity contribution in [3.05, 3.63) is 64.1 Å². The number of benzene rings is 2. The number of hydrogen-bond donors (Lipinski definition) is 0. The van der Waals surface area contributed by atoms with Crippen molar-refractivity contribution in [3.8, 4) is 11.6 Å². The van der Waals surface area contributed by atoms with Crippen molar-refractivity contribution in [2.75, 3.05) is 0 Å². The molecular formula is C16H9Cl2NO2. The van der Waals surface area contributed by atoms with E-state index in [9.17, 15) is 4.79 Å². The SMILES string of the molecule is O=Cc1cc2ccccc2nc1Oc1cccc(Cl)c1Cl. The number of aromatic nitrogens is 1. The largest absolute Gasteiger partial charge is 0.437 e. The van der Waals surface area contributed by atoms with Gasteiger partial charge in [-0.1, -0.05) is 47.5 Å². The van der Waals surface area contributed by atoms with Crippen LogP contribution in [-0.4, -0.2) is 11.3 Å². The van der Waals surface area contributed by atoms with E-state index in [1.54, 1.807) is 24.3 Å². The first kappa shape index (κ1) is 13.9. The van der Waals surface area contributed by atoms with Crippen molar-refractivity contribution in [3.63, 3.8) is 0 Å². The van der Waals surface area contributed by atoms with Crippen LogP contribution < -0.4 is 4.74 Å². The van der Waals surface area contributed by atoms with E-state index in [1.165, 1.54) is 0 Å².